The van der Waals surface area contributed by atoms with Crippen LogP contribution in [-0.2, 0) is 13.0 Å². The SMILES string of the molecule is CN1CCCCC1(C)COc1cccc2c1CNCC2. The molecule has 1 saturated heterocycles. The Hall–Kier alpha value is -1.06. The highest BCUT2D eigenvalue weighted by Gasteiger charge is 2.32. The van der Waals surface area contributed by atoms with E-state index in [9.17, 15) is 0 Å². The monoisotopic (exact) mass is 274 g/mol. The largest absolute Gasteiger partial charge is 0.491 e. The molecule has 1 aromatic carbocycles. The highest BCUT2D eigenvalue weighted by Crippen LogP contribution is 2.30. The van der Waals surface area contributed by atoms with E-state index in [0.717, 1.165) is 31.9 Å². The lowest BCUT2D eigenvalue weighted by molar-refractivity contribution is 0.0416. The number of nitrogens with one attached hydrogen (secondary N) is 1. The summed E-state index contributed by atoms with van der Waals surface area (Å²) in [4.78, 5) is 2.46. The lowest BCUT2D eigenvalue weighted by Crippen LogP contribution is -2.51. The zero-order valence-corrected chi connectivity index (χ0v) is 12.7. The van der Waals surface area contributed by atoms with Crippen LogP contribution in [0.15, 0.2) is 18.2 Å². The van der Waals surface area contributed by atoms with Gasteiger partial charge in [0.15, 0.2) is 0 Å². The minimum absolute atomic E-state index is 0.184. The average molecular weight is 274 g/mol. The molecule has 3 nitrogen and oxygen atoms in total. The third-order valence-corrected chi connectivity index (χ3v) is 5.02. The molecule has 2 heterocycles. The van der Waals surface area contributed by atoms with Crippen molar-refractivity contribution in [3.63, 3.8) is 0 Å². The predicted molar refractivity (Wildman–Crippen MR) is 82.2 cm³/mol. The van der Waals surface area contributed by atoms with Crippen molar-refractivity contribution in [2.45, 2.75) is 44.7 Å². The first-order chi connectivity index (χ1) is 9.69. The van der Waals surface area contributed by atoms with Crippen LogP contribution in [0.4, 0.5) is 0 Å². The molecule has 110 valence electrons. The van der Waals surface area contributed by atoms with Crippen LogP contribution in [-0.4, -0.2) is 37.2 Å². The van der Waals surface area contributed by atoms with Crippen molar-refractivity contribution >= 4 is 0 Å². The van der Waals surface area contributed by atoms with E-state index in [1.54, 1.807) is 0 Å². The van der Waals surface area contributed by atoms with Crippen LogP contribution < -0.4 is 10.1 Å². The van der Waals surface area contributed by atoms with Gasteiger partial charge in [0, 0.05) is 12.1 Å². The average Bonchev–Trinajstić information content (AvgIpc) is 2.48. The summed E-state index contributed by atoms with van der Waals surface area (Å²) in [5, 5.41) is 3.45. The van der Waals surface area contributed by atoms with Crippen molar-refractivity contribution in [1.82, 2.24) is 10.2 Å². The first-order valence-corrected chi connectivity index (χ1v) is 7.85. The Balaban J connectivity index is 1.72. The summed E-state index contributed by atoms with van der Waals surface area (Å²) in [6.07, 6.45) is 4.98. The van der Waals surface area contributed by atoms with Crippen LogP contribution in [0.5, 0.6) is 5.75 Å². The maximum atomic E-state index is 6.24. The van der Waals surface area contributed by atoms with E-state index >= 15 is 0 Å². The molecule has 1 N–H and O–H groups in total. The molecule has 3 rings (SSSR count). The van der Waals surface area contributed by atoms with Gasteiger partial charge in [0.1, 0.15) is 12.4 Å². The molecule has 0 bridgehead atoms. The van der Waals surface area contributed by atoms with Crippen molar-refractivity contribution < 1.29 is 4.74 Å². The lowest BCUT2D eigenvalue weighted by atomic mass is 9.90. The third-order valence-electron chi connectivity index (χ3n) is 5.02. The number of rotatable bonds is 3. The summed E-state index contributed by atoms with van der Waals surface area (Å²) in [7, 11) is 2.23. The zero-order valence-electron chi connectivity index (χ0n) is 12.7. The second-order valence-corrected chi connectivity index (χ2v) is 6.48. The summed E-state index contributed by atoms with van der Waals surface area (Å²) in [6.45, 7) is 6.34. The molecule has 1 fully saturated rings. The van der Waals surface area contributed by atoms with E-state index in [-0.39, 0.29) is 5.54 Å². The summed E-state index contributed by atoms with van der Waals surface area (Å²) in [5.41, 5.74) is 2.99. The van der Waals surface area contributed by atoms with E-state index < -0.39 is 0 Å². The number of hydrogen-bond acceptors (Lipinski definition) is 3. The summed E-state index contributed by atoms with van der Waals surface area (Å²) < 4.78 is 6.24. The number of piperidine rings is 1. The second-order valence-electron chi connectivity index (χ2n) is 6.48. The number of likely N-dealkylation sites (N-methyl/N-ethyl adjacent to an activating group) is 1. The topological polar surface area (TPSA) is 24.5 Å². The lowest BCUT2D eigenvalue weighted by Gasteiger charge is -2.42. The van der Waals surface area contributed by atoms with Crippen LogP contribution in [0.1, 0.15) is 37.3 Å². The summed E-state index contributed by atoms with van der Waals surface area (Å²) in [5.74, 6) is 1.08. The zero-order chi connectivity index (χ0) is 14.0. The van der Waals surface area contributed by atoms with Crippen LogP contribution >= 0.6 is 0 Å². The van der Waals surface area contributed by atoms with Gasteiger partial charge in [-0.3, -0.25) is 4.90 Å². The maximum Gasteiger partial charge on any atom is 0.124 e. The minimum atomic E-state index is 0.184. The Kier molecular flexibility index (Phi) is 3.99. The molecule has 1 unspecified atom stereocenters. The molecule has 0 aliphatic carbocycles. The van der Waals surface area contributed by atoms with Gasteiger partial charge < -0.3 is 10.1 Å². The predicted octanol–water partition coefficient (Wildman–Crippen LogP) is 2.59. The van der Waals surface area contributed by atoms with Crippen molar-refractivity contribution in [2.24, 2.45) is 0 Å². The highest BCUT2D eigenvalue weighted by molar-refractivity contribution is 5.41. The fourth-order valence-electron chi connectivity index (χ4n) is 3.35. The Labute approximate surface area is 122 Å². The molecule has 0 radical (unpaired) electrons. The van der Waals surface area contributed by atoms with Gasteiger partial charge >= 0.3 is 0 Å². The third kappa shape index (κ3) is 2.70. The normalized spacial score (nSPS) is 27.1. The molecule has 0 aromatic heterocycles. The highest BCUT2D eigenvalue weighted by atomic mass is 16.5. The van der Waals surface area contributed by atoms with E-state index in [1.165, 1.54) is 36.9 Å². The van der Waals surface area contributed by atoms with E-state index in [4.69, 9.17) is 4.74 Å². The molecule has 0 amide bonds. The van der Waals surface area contributed by atoms with Crippen molar-refractivity contribution in [2.75, 3.05) is 26.7 Å². The van der Waals surface area contributed by atoms with Gasteiger partial charge in [-0.25, -0.2) is 0 Å². The summed E-state index contributed by atoms with van der Waals surface area (Å²) >= 11 is 0. The quantitative estimate of drug-likeness (QED) is 0.917. The van der Waals surface area contributed by atoms with Crippen LogP contribution in [0.3, 0.4) is 0 Å². The molecule has 0 spiro atoms. The number of nitrogens with zero attached hydrogens (tertiary/aromatic N) is 1. The first kappa shape index (κ1) is 13.9. The maximum absolute atomic E-state index is 6.24. The fourth-order valence-corrected chi connectivity index (χ4v) is 3.35. The molecular weight excluding hydrogens is 248 g/mol. The van der Waals surface area contributed by atoms with Crippen LogP contribution in [0.25, 0.3) is 0 Å². The van der Waals surface area contributed by atoms with Gasteiger partial charge in [-0.1, -0.05) is 18.6 Å². The molecule has 1 aromatic rings. The van der Waals surface area contributed by atoms with E-state index in [2.05, 4.69) is 42.4 Å². The van der Waals surface area contributed by atoms with Gasteiger partial charge in [-0.2, -0.15) is 0 Å². The number of fused-ring (bicyclic) bond motifs is 1. The van der Waals surface area contributed by atoms with Crippen LogP contribution in [0.2, 0.25) is 0 Å². The smallest absolute Gasteiger partial charge is 0.124 e. The minimum Gasteiger partial charge on any atom is -0.491 e. The molecule has 2 aliphatic heterocycles. The van der Waals surface area contributed by atoms with Gasteiger partial charge in [-0.15, -0.1) is 0 Å². The fraction of sp³-hybridized carbons (Fsp3) is 0.647. The standard InChI is InChI=1S/C17H26N2O/c1-17(9-3-4-11-19(17)2)13-20-16-7-5-6-14-8-10-18-12-15(14)16/h5-7,18H,3-4,8-13H2,1-2H3. The van der Waals surface area contributed by atoms with Gasteiger partial charge in [0.2, 0.25) is 0 Å². The molecule has 2 aliphatic rings. The van der Waals surface area contributed by atoms with Crippen molar-refractivity contribution in [1.29, 1.82) is 0 Å². The Morgan fingerprint density at radius 2 is 2.25 bits per heavy atom. The Bertz CT molecular complexity index is 474. The van der Waals surface area contributed by atoms with Gasteiger partial charge in [0.05, 0.1) is 5.54 Å². The Morgan fingerprint density at radius 3 is 3.10 bits per heavy atom. The number of benzene rings is 1. The first-order valence-electron chi connectivity index (χ1n) is 7.85. The molecule has 1 atom stereocenters. The van der Waals surface area contributed by atoms with Gasteiger partial charge in [-0.05, 0) is 58.0 Å². The van der Waals surface area contributed by atoms with E-state index in [1.807, 2.05) is 0 Å². The number of ether oxygens (including phenoxy) is 1. The van der Waals surface area contributed by atoms with E-state index in [0.29, 0.717) is 0 Å². The van der Waals surface area contributed by atoms with Gasteiger partial charge in [0.25, 0.3) is 0 Å². The van der Waals surface area contributed by atoms with Crippen molar-refractivity contribution in [3.8, 4) is 5.75 Å². The Morgan fingerprint density at radius 1 is 1.35 bits per heavy atom. The molecular formula is C17H26N2O. The molecule has 20 heavy (non-hydrogen) atoms. The number of likely N-dealkylation sites (tertiary alicyclic amines) is 1. The molecule has 3 heteroatoms. The summed E-state index contributed by atoms with van der Waals surface area (Å²) in [6, 6.07) is 6.49. The second kappa shape index (κ2) is 5.74. The molecule has 0 saturated carbocycles. The van der Waals surface area contributed by atoms with Crippen molar-refractivity contribution in [3.05, 3.63) is 29.3 Å². The number of hydrogen-bond donors (Lipinski definition) is 1. The van der Waals surface area contributed by atoms with Crippen LogP contribution in [0, 0.1) is 0 Å².